The van der Waals surface area contributed by atoms with Gasteiger partial charge < -0.3 is 24.6 Å². The first-order chi connectivity index (χ1) is 12.5. The Morgan fingerprint density at radius 3 is 2.69 bits per heavy atom. The van der Waals surface area contributed by atoms with Gasteiger partial charge in [0.2, 0.25) is 0 Å². The number of methoxy groups -OCH3 is 1. The number of rotatable bonds is 9. The molecule has 2 N–H and O–H groups in total. The van der Waals surface area contributed by atoms with Gasteiger partial charge in [-0.05, 0) is 31.0 Å². The second kappa shape index (κ2) is 9.61. The SMILES string of the molecule is COCCOCc1cc(C(=O)NCC2(C(=O)O)CCOCC2)ccc1F. The van der Waals surface area contributed by atoms with Crippen LogP contribution in [-0.2, 0) is 25.6 Å². The van der Waals surface area contributed by atoms with Crippen LogP contribution in [0, 0.1) is 11.2 Å². The lowest BCUT2D eigenvalue weighted by atomic mass is 9.80. The highest BCUT2D eigenvalue weighted by Gasteiger charge is 2.40. The minimum atomic E-state index is -1.03. The number of hydrogen-bond acceptors (Lipinski definition) is 5. The van der Waals surface area contributed by atoms with Gasteiger partial charge in [-0.25, -0.2) is 4.39 Å². The summed E-state index contributed by atoms with van der Waals surface area (Å²) in [4.78, 5) is 24.0. The van der Waals surface area contributed by atoms with Crippen molar-refractivity contribution in [2.24, 2.45) is 5.41 Å². The van der Waals surface area contributed by atoms with Gasteiger partial charge in [0.05, 0.1) is 25.2 Å². The Hall–Kier alpha value is -2.03. The predicted molar refractivity (Wildman–Crippen MR) is 90.4 cm³/mol. The Kier molecular flexibility index (Phi) is 7.50. The molecule has 0 bridgehead atoms. The normalized spacial score (nSPS) is 16.2. The molecule has 8 heteroatoms. The van der Waals surface area contributed by atoms with Crippen LogP contribution in [0.15, 0.2) is 18.2 Å². The third-order valence-corrected chi connectivity index (χ3v) is 4.49. The van der Waals surface area contributed by atoms with Gasteiger partial charge in [-0.3, -0.25) is 9.59 Å². The molecule has 0 atom stereocenters. The van der Waals surface area contributed by atoms with Crippen LogP contribution in [0.3, 0.4) is 0 Å². The van der Waals surface area contributed by atoms with Gasteiger partial charge in [0.15, 0.2) is 0 Å². The van der Waals surface area contributed by atoms with Crippen molar-refractivity contribution in [2.75, 3.05) is 40.1 Å². The highest BCUT2D eigenvalue weighted by molar-refractivity contribution is 5.94. The second-order valence-electron chi connectivity index (χ2n) is 6.23. The molecule has 1 fully saturated rings. The number of carbonyl (C=O) groups excluding carboxylic acids is 1. The molecule has 0 aliphatic carbocycles. The van der Waals surface area contributed by atoms with Crippen LogP contribution in [0.2, 0.25) is 0 Å². The Morgan fingerprint density at radius 2 is 2.04 bits per heavy atom. The molecule has 0 spiro atoms. The van der Waals surface area contributed by atoms with E-state index < -0.39 is 23.1 Å². The lowest BCUT2D eigenvalue weighted by Gasteiger charge is -2.33. The molecule has 0 radical (unpaired) electrons. The maximum atomic E-state index is 13.9. The summed E-state index contributed by atoms with van der Waals surface area (Å²) in [5.41, 5.74) is -0.517. The molecule has 1 heterocycles. The standard InChI is InChI=1S/C18H24FNO6/c1-24-8-9-26-11-14-10-13(2-3-15(14)19)16(21)20-12-18(17(22)23)4-6-25-7-5-18/h2-3,10H,4-9,11-12H2,1H3,(H,20,21)(H,22,23). The van der Waals surface area contributed by atoms with Gasteiger partial charge >= 0.3 is 5.97 Å². The fourth-order valence-electron chi connectivity index (χ4n) is 2.73. The van der Waals surface area contributed by atoms with Crippen molar-refractivity contribution in [3.8, 4) is 0 Å². The van der Waals surface area contributed by atoms with Crippen LogP contribution >= 0.6 is 0 Å². The number of halogens is 1. The molecular weight excluding hydrogens is 345 g/mol. The molecular formula is C18H24FNO6. The van der Waals surface area contributed by atoms with Gasteiger partial charge in [-0.1, -0.05) is 0 Å². The van der Waals surface area contributed by atoms with Gasteiger partial charge in [0, 0.05) is 38.0 Å². The monoisotopic (exact) mass is 369 g/mol. The number of carboxylic acid groups (broad SMARTS) is 1. The number of carboxylic acids is 1. The summed E-state index contributed by atoms with van der Waals surface area (Å²) in [6.45, 7) is 1.43. The number of amides is 1. The molecule has 2 rings (SSSR count). The van der Waals surface area contributed by atoms with Crippen LogP contribution < -0.4 is 5.32 Å². The number of nitrogens with one attached hydrogen (secondary N) is 1. The molecule has 0 unspecified atom stereocenters. The lowest BCUT2D eigenvalue weighted by Crippen LogP contribution is -2.46. The zero-order valence-corrected chi connectivity index (χ0v) is 14.8. The average molecular weight is 369 g/mol. The number of aliphatic carboxylic acids is 1. The molecule has 26 heavy (non-hydrogen) atoms. The van der Waals surface area contributed by atoms with Crippen LogP contribution in [0.4, 0.5) is 4.39 Å². The fraction of sp³-hybridized carbons (Fsp3) is 0.556. The predicted octanol–water partition coefficient (Wildman–Crippen LogP) is 1.60. The van der Waals surface area contributed by atoms with E-state index in [1.165, 1.54) is 25.3 Å². The summed E-state index contributed by atoms with van der Waals surface area (Å²) in [6.07, 6.45) is 0.676. The quantitative estimate of drug-likeness (QED) is 0.642. The summed E-state index contributed by atoms with van der Waals surface area (Å²) < 4.78 is 29.2. The third kappa shape index (κ3) is 5.23. The van der Waals surface area contributed by atoms with E-state index >= 15 is 0 Å². The van der Waals surface area contributed by atoms with Crippen molar-refractivity contribution in [1.29, 1.82) is 0 Å². The molecule has 1 aliphatic rings. The van der Waals surface area contributed by atoms with E-state index in [0.717, 1.165) is 0 Å². The van der Waals surface area contributed by atoms with Crippen molar-refractivity contribution in [3.05, 3.63) is 35.1 Å². The van der Waals surface area contributed by atoms with Gasteiger partial charge in [-0.2, -0.15) is 0 Å². The molecule has 1 amide bonds. The van der Waals surface area contributed by atoms with E-state index in [1.807, 2.05) is 0 Å². The highest BCUT2D eigenvalue weighted by Crippen LogP contribution is 2.30. The van der Waals surface area contributed by atoms with Gasteiger partial charge in [0.25, 0.3) is 5.91 Å². The molecule has 0 aromatic heterocycles. The van der Waals surface area contributed by atoms with E-state index in [2.05, 4.69) is 5.32 Å². The van der Waals surface area contributed by atoms with Crippen molar-refractivity contribution in [3.63, 3.8) is 0 Å². The molecule has 0 saturated carbocycles. The molecule has 1 aromatic carbocycles. The molecule has 1 aromatic rings. The first-order valence-electron chi connectivity index (χ1n) is 8.43. The maximum absolute atomic E-state index is 13.9. The summed E-state index contributed by atoms with van der Waals surface area (Å²) in [6, 6.07) is 3.97. The van der Waals surface area contributed by atoms with Crippen LogP contribution in [0.25, 0.3) is 0 Å². The minimum absolute atomic E-state index is 0.00156. The zero-order chi connectivity index (χ0) is 19.0. The van der Waals surface area contributed by atoms with E-state index in [4.69, 9.17) is 14.2 Å². The van der Waals surface area contributed by atoms with Gasteiger partial charge in [0.1, 0.15) is 5.82 Å². The van der Waals surface area contributed by atoms with Gasteiger partial charge in [-0.15, -0.1) is 0 Å². The maximum Gasteiger partial charge on any atom is 0.311 e. The third-order valence-electron chi connectivity index (χ3n) is 4.49. The molecule has 1 aliphatic heterocycles. The largest absolute Gasteiger partial charge is 0.481 e. The Balaban J connectivity index is 1.99. The number of ether oxygens (including phenoxy) is 3. The minimum Gasteiger partial charge on any atom is -0.481 e. The lowest BCUT2D eigenvalue weighted by molar-refractivity contribution is -0.154. The number of benzene rings is 1. The first kappa shape index (κ1) is 20.3. The van der Waals surface area contributed by atoms with Crippen molar-refractivity contribution >= 4 is 11.9 Å². The topological polar surface area (TPSA) is 94.1 Å². The van der Waals surface area contributed by atoms with Crippen LogP contribution in [0.5, 0.6) is 0 Å². The Morgan fingerprint density at radius 1 is 1.31 bits per heavy atom. The average Bonchev–Trinajstić information content (AvgIpc) is 2.65. The molecule has 1 saturated heterocycles. The summed E-state index contributed by atoms with van der Waals surface area (Å²) in [7, 11) is 1.54. The van der Waals surface area contributed by atoms with Crippen molar-refractivity contribution in [1.82, 2.24) is 5.32 Å². The van der Waals surface area contributed by atoms with Crippen molar-refractivity contribution < 1.29 is 33.3 Å². The van der Waals surface area contributed by atoms with E-state index in [1.54, 1.807) is 0 Å². The highest BCUT2D eigenvalue weighted by atomic mass is 19.1. The smallest absolute Gasteiger partial charge is 0.311 e. The summed E-state index contributed by atoms with van der Waals surface area (Å²) in [5, 5.41) is 12.2. The fourth-order valence-corrected chi connectivity index (χ4v) is 2.73. The summed E-state index contributed by atoms with van der Waals surface area (Å²) >= 11 is 0. The second-order valence-corrected chi connectivity index (χ2v) is 6.23. The summed E-state index contributed by atoms with van der Waals surface area (Å²) in [5.74, 6) is -1.87. The molecule has 7 nitrogen and oxygen atoms in total. The van der Waals surface area contributed by atoms with E-state index in [0.29, 0.717) is 39.3 Å². The van der Waals surface area contributed by atoms with Crippen LogP contribution in [-0.4, -0.2) is 57.1 Å². The molecule has 144 valence electrons. The van der Waals surface area contributed by atoms with Crippen molar-refractivity contribution in [2.45, 2.75) is 19.4 Å². The van der Waals surface area contributed by atoms with E-state index in [-0.39, 0.29) is 24.3 Å². The number of carbonyl (C=O) groups is 2. The van der Waals surface area contributed by atoms with E-state index in [9.17, 15) is 19.1 Å². The first-order valence-corrected chi connectivity index (χ1v) is 8.43. The number of hydrogen-bond donors (Lipinski definition) is 2. The zero-order valence-electron chi connectivity index (χ0n) is 14.8. The Labute approximate surface area is 151 Å². The Bertz CT molecular complexity index is 630. The van der Waals surface area contributed by atoms with Crippen LogP contribution in [0.1, 0.15) is 28.8 Å².